The van der Waals surface area contributed by atoms with Crippen molar-refractivity contribution < 1.29 is 8.42 Å². The van der Waals surface area contributed by atoms with Crippen molar-refractivity contribution in [2.45, 2.75) is 50.6 Å². The van der Waals surface area contributed by atoms with E-state index in [4.69, 9.17) is 17.3 Å². The summed E-state index contributed by atoms with van der Waals surface area (Å²) < 4.78 is 25.0. The molecule has 0 atom stereocenters. The molecule has 0 radical (unpaired) electrons. The smallest absolute Gasteiger partial charge is 0.211 e. The van der Waals surface area contributed by atoms with Crippen LogP contribution >= 0.6 is 11.6 Å². The molecule has 4 N–H and O–H groups in total. The second-order valence-electron chi connectivity index (χ2n) is 9.25. The number of halogens is 1. The predicted octanol–water partition coefficient (Wildman–Crippen LogP) is 3.56. The van der Waals surface area contributed by atoms with Crippen molar-refractivity contribution in [2.24, 2.45) is 11.7 Å². The third-order valence-electron chi connectivity index (χ3n) is 6.67. The summed E-state index contributed by atoms with van der Waals surface area (Å²) in [5.41, 5.74) is 8.75. The maximum Gasteiger partial charge on any atom is 0.211 e. The predicted molar refractivity (Wildman–Crippen MR) is 134 cm³/mol. The minimum atomic E-state index is -3.10. The van der Waals surface area contributed by atoms with Gasteiger partial charge < -0.3 is 16.4 Å². The van der Waals surface area contributed by atoms with Crippen molar-refractivity contribution in [1.29, 1.82) is 0 Å². The zero-order chi connectivity index (χ0) is 23.4. The second kappa shape index (κ2) is 10.5. The molecule has 0 unspecified atom stereocenters. The molecular weight excluding hydrogens is 460 g/mol. The zero-order valence-electron chi connectivity index (χ0n) is 19.0. The Labute approximate surface area is 201 Å². The largest absolute Gasteiger partial charge is 0.384 e. The molecule has 0 amide bonds. The number of pyridine rings is 2. The summed E-state index contributed by atoms with van der Waals surface area (Å²) in [6, 6.07) is 4.72. The fourth-order valence-corrected chi connectivity index (χ4v) is 5.69. The second-order valence-corrected chi connectivity index (χ2v) is 11.6. The maximum atomic E-state index is 11.7. The van der Waals surface area contributed by atoms with Crippen molar-refractivity contribution in [2.75, 3.05) is 36.5 Å². The summed E-state index contributed by atoms with van der Waals surface area (Å²) in [4.78, 5) is 8.86. The van der Waals surface area contributed by atoms with Crippen LogP contribution < -0.4 is 16.4 Å². The van der Waals surface area contributed by atoms with Crippen LogP contribution in [0.15, 0.2) is 30.7 Å². The molecule has 1 aliphatic carbocycles. The van der Waals surface area contributed by atoms with E-state index in [1.807, 2.05) is 12.1 Å². The topological polar surface area (TPSA) is 113 Å². The molecule has 0 bridgehead atoms. The summed E-state index contributed by atoms with van der Waals surface area (Å²) in [6.07, 6.45) is 12.4. The number of anilines is 2. The molecule has 10 heteroatoms. The molecule has 1 aliphatic heterocycles. The summed E-state index contributed by atoms with van der Waals surface area (Å²) >= 11 is 6.49. The summed E-state index contributed by atoms with van der Waals surface area (Å²) in [5, 5.41) is 7.57. The van der Waals surface area contributed by atoms with E-state index in [9.17, 15) is 8.42 Å². The van der Waals surface area contributed by atoms with E-state index < -0.39 is 10.0 Å². The van der Waals surface area contributed by atoms with Crippen LogP contribution in [-0.2, 0) is 10.0 Å². The van der Waals surface area contributed by atoms with Crippen LogP contribution in [0.5, 0.6) is 0 Å². The highest BCUT2D eigenvalue weighted by Gasteiger charge is 2.24. The van der Waals surface area contributed by atoms with Gasteiger partial charge in [-0.1, -0.05) is 11.6 Å². The number of nitrogens with two attached hydrogens (primary N) is 1. The molecule has 2 fully saturated rings. The molecule has 2 aliphatic rings. The van der Waals surface area contributed by atoms with Crippen LogP contribution in [0.2, 0.25) is 5.02 Å². The Hall–Kier alpha value is -1.94. The quantitative estimate of drug-likeness (QED) is 0.541. The molecule has 8 nitrogen and oxygen atoms in total. The highest BCUT2D eigenvalue weighted by molar-refractivity contribution is 7.88. The molecule has 2 aromatic rings. The van der Waals surface area contributed by atoms with Gasteiger partial charge in [0, 0.05) is 61.4 Å². The number of hydrogen-bond donors (Lipinski definition) is 3. The number of piperidine rings is 1. The number of sulfonamides is 1. The van der Waals surface area contributed by atoms with Crippen molar-refractivity contribution in [1.82, 2.24) is 14.3 Å². The highest BCUT2D eigenvalue weighted by atomic mass is 35.5. The molecule has 2 aromatic heterocycles. The number of hydrogen-bond acceptors (Lipinski definition) is 7. The van der Waals surface area contributed by atoms with E-state index >= 15 is 0 Å². The van der Waals surface area contributed by atoms with E-state index in [0.717, 1.165) is 67.7 Å². The first-order chi connectivity index (χ1) is 15.8. The van der Waals surface area contributed by atoms with Crippen LogP contribution in [0.3, 0.4) is 0 Å². The molecular formula is C23H33ClN6O2S. The van der Waals surface area contributed by atoms with Gasteiger partial charge in [0.05, 0.1) is 17.0 Å². The van der Waals surface area contributed by atoms with Gasteiger partial charge in [-0.3, -0.25) is 4.98 Å². The minimum absolute atomic E-state index is 0.310. The molecule has 1 saturated carbocycles. The standard InChI is InChI=1S/C23H33ClN6O2S/c1-33(31,32)30-8-6-16(7-9-30)12-27-20-10-17(13-26-14-20)21-11-23(28-15-22(21)24)29-19-4-2-18(25)3-5-19/h10-11,13-16,18-19,27H,2-9,12,25H2,1H3,(H,28,29). The molecule has 3 heterocycles. The molecule has 1 saturated heterocycles. The molecule has 33 heavy (non-hydrogen) atoms. The van der Waals surface area contributed by atoms with Crippen LogP contribution in [0.1, 0.15) is 38.5 Å². The Kier molecular flexibility index (Phi) is 7.73. The Morgan fingerprint density at radius 2 is 1.82 bits per heavy atom. The average molecular weight is 493 g/mol. The van der Waals surface area contributed by atoms with Gasteiger partial charge >= 0.3 is 0 Å². The number of nitrogens with one attached hydrogen (secondary N) is 2. The maximum absolute atomic E-state index is 11.7. The molecule has 0 spiro atoms. The normalized spacial score (nSPS) is 22.8. The van der Waals surface area contributed by atoms with E-state index in [1.54, 1.807) is 22.9 Å². The van der Waals surface area contributed by atoms with Crippen molar-refractivity contribution >= 4 is 33.1 Å². The first kappa shape index (κ1) is 24.2. The average Bonchev–Trinajstić information content (AvgIpc) is 2.80. The molecule has 0 aromatic carbocycles. The summed E-state index contributed by atoms with van der Waals surface area (Å²) in [5.74, 6) is 1.24. The fourth-order valence-electron chi connectivity index (χ4n) is 4.60. The Morgan fingerprint density at radius 1 is 1.09 bits per heavy atom. The monoisotopic (exact) mass is 492 g/mol. The number of nitrogens with zero attached hydrogens (tertiary/aromatic N) is 3. The van der Waals surface area contributed by atoms with Crippen LogP contribution in [-0.4, -0.2) is 60.7 Å². The van der Waals surface area contributed by atoms with E-state index in [1.165, 1.54) is 6.26 Å². The van der Waals surface area contributed by atoms with Gasteiger partial charge in [0.2, 0.25) is 10.0 Å². The van der Waals surface area contributed by atoms with Crippen molar-refractivity contribution in [3.8, 4) is 11.1 Å². The van der Waals surface area contributed by atoms with Gasteiger partial charge in [-0.25, -0.2) is 17.7 Å². The highest BCUT2D eigenvalue weighted by Crippen LogP contribution is 2.31. The van der Waals surface area contributed by atoms with Gasteiger partial charge in [0.15, 0.2) is 0 Å². The van der Waals surface area contributed by atoms with Gasteiger partial charge in [0.1, 0.15) is 5.82 Å². The SMILES string of the molecule is CS(=O)(=O)N1CCC(CNc2cncc(-c3cc(NC4CCC(N)CC4)ncc3Cl)c2)CC1. The summed E-state index contributed by atoms with van der Waals surface area (Å²) in [6.45, 7) is 1.95. The minimum Gasteiger partial charge on any atom is -0.384 e. The van der Waals surface area contributed by atoms with Gasteiger partial charge in [-0.15, -0.1) is 0 Å². The molecule has 180 valence electrons. The first-order valence-electron chi connectivity index (χ1n) is 11.6. The zero-order valence-corrected chi connectivity index (χ0v) is 20.6. The van der Waals surface area contributed by atoms with E-state index in [-0.39, 0.29) is 0 Å². The third-order valence-corrected chi connectivity index (χ3v) is 8.27. The first-order valence-corrected chi connectivity index (χ1v) is 13.8. The van der Waals surface area contributed by atoms with Gasteiger partial charge in [-0.05, 0) is 56.6 Å². The Balaban J connectivity index is 1.38. The Morgan fingerprint density at radius 3 is 2.52 bits per heavy atom. The molecule has 4 rings (SSSR count). The van der Waals surface area contributed by atoms with Gasteiger partial charge in [0.25, 0.3) is 0 Å². The number of aromatic nitrogens is 2. The summed E-state index contributed by atoms with van der Waals surface area (Å²) in [7, 11) is -3.10. The van der Waals surface area contributed by atoms with Crippen LogP contribution in [0, 0.1) is 5.92 Å². The van der Waals surface area contributed by atoms with Gasteiger partial charge in [-0.2, -0.15) is 0 Å². The van der Waals surface area contributed by atoms with Crippen LogP contribution in [0.4, 0.5) is 11.5 Å². The fraction of sp³-hybridized carbons (Fsp3) is 0.565. The van der Waals surface area contributed by atoms with E-state index in [2.05, 4.69) is 20.6 Å². The van der Waals surface area contributed by atoms with E-state index in [0.29, 0.717) is 36.1 Å². The lowest BCUT2D eigenvalue weighted by Gasteiger charge is -2.30. The lowest BCUT2D eigenvalue weighted by molar-refractivity contribution is 0.283. The Bertz CT molecular complexity index is 1050. The van der Waals surface area contributed by atoms with Crippen molar-refractivity contribution in [3.63, 3.8) is 0 Å². The lowest BCUT2D eigenvalue weighted by atomic mass is 9.92. The number of rotatable bonds is 7. The van der Waals surface area contributed by atoms with Crippen LogP contribution in [0.25, 0.3) is 11.1 Å². The van der Waals surface area contributed by atoms with Crippen molar-refractivity contribution in [3.05, 3.63) is 35.7 Å². The third kappa shape index (κ3) is 6.56. The lowest BCUT2D eigenvalue weighted by Crippen LogP contribution is -2.39.